The molecule has 0 saturated carbocycles. The zero-order valence-electron chi connectivity index (χ0n) is 16.7. The van der Waals surface area contributed by atoms with Gasteiger partial charge >= 0.3 is 12.1 Å². The highest BCUT2D eigenvalue weighted by atomic mass is 19.4. The molecule has 0 atom stereocenters. The van der Waals surface area contributed by atoms with E-state index in [9.17, 15) is 18.0 Å². The summed E-state index contributed by atoms with van der Waals surface area (Å²) in [5, 5.41) is 3.22. The number of ether oxygens (including phenoxy) is 2. The van der Waals surface area contributed by atoms with Crippen LogP contribution < -0.4 is 10.1 Å². The molecule has 1 aliphatic heterocycles. The highest BCUT2D eigenvalue weighted by Crippen LogP contribution is 2.20. The van der Waals surface area contributed by atoms with Crippen molar-refractivity contribution in [3.05, 3.63) is 23.9 Å². The second-order valence-electron chi connectivity index (χ2n) is 6.59. The minimum absolute atomic E-state index is 0.0877. The molecule has 0 bridgehead atoms. The molecule has 0 aliphatic carbocycles. The molecule has 10 heteroatoms. The summed E-state index contributed by atoms with van der Waals surface area (Å²) in [4.78, 5) is 22.3. The number of guanidine groups is 1. The minimum atomic E-state index is -4.41. The van der Waals surface area contributed by atoms with Crippen molar-refractivity contribution >= 4 is 11.9 Å². The van der Waals surface area contributed by atoms with Gasteiger partial charge in [-0.3, -0.25) is 4.79 Å². The molecular formula is C19H27F3N4O3. The van der Waals surface area contributed by atoms with E-state index in [2.05, 4.69) is 24.9 Å². The van der Waals surface area contributed by atoms with E-state index in [4.69, 9.17) is 4.74 Å². The summed E-state index contributed by atoms with van der Waals surface area (Å²) in [6, 6.07) is 3.13. The van der Waals surface area contributed by atoms with Crippen molar-refractivity contribution in [3.8, 4) is 5.88 Å². The van der Waals surface area contributed by atoms with Crippen LogP contribution in [-0.2, 0) is 16.1 Å². The average molecular weight is 416 g/mol. The molecule has 0 radical (unpaired) electrons. The Labute approximate surface area is 168 Å². The van der Waals surface area contributed by atoms with Gasteiger partial charge < -0.3 is 19.7 Å². The van der Waals surface area contributed by atoms with Crippen LogP contribution in [0.4, 0.5) is 13.2 Å². The fourth-order valence-corrected chi connectivity index (χ4v) is 2.96. The highest BCUT2D eigenvalue weighted by molar-refractivity contribution is 5.80. The molecule has 1 fully saturated rings. The predicted octanol–water partition coefficient (Wildman–Crippen LogP) is 2.76. The van der Waals surface area contributed by atoms with Crippen LogP contribution in [0, 0.1) is 5.92 Å². The van der Waals surface area contributed by atoms with Crippen LogP contribution in [0.2, 0.25) is 0 Å². The van der Waals surface area contributed by atoms with E-state index in [1.165, 1.54) is 12.3 Å². The van der Waals surface area contributed by atoms with Gasteiger partial charge in [0.1, 0.15) is 0 Å². The smallest absolute Gasteiger partial charge is 0.422 e. The molecule has 0 aromatic carbocycles. The van der Waals surface area contributed by atoms with Crippen molar-refractivity contribution in [2.75, 3.05) is 32.8 Å². The van der Waals surface area contributed by atoms with Crippen LogP contribution in [-0.4, -0.2) is 60.8 Å². The Kier molecular flexibility index (Phi) is 8.53. The second kappa shape index (κ2) is 10.9. The summed E-state index contributed by atoms with van der Waals surface area (Å²) in [6.07, 6.45) is -1.64. The molecule has 29 heavy (non-hydrogen) atoms. The van der Waals surface area contributed by atoms with Crippen molar-refractivity contribution in [2.45, 2.75) is 39.4 Å². The lowest BCUT2D eigenvalue weighted by molar-refractivity contribution is -0.154. The first-order chi connectivity index (χ1) is 13.8. The van der Waals surface area contributed by atoms with Crippen LogP contribution in [0.15, 0.2) is 23.3 Å². The Morgan fingerprint density at radius 3 is 2.69 bits per heavy atom. The fourth-order valence-electron chi connectivity index (χ4n) is 2.96. The third-order valence-corrected chi connectivity index (χ3v) is 4.34. The molecule has 1 aromatic heterocycles. The molecule has 1 N–H and O–H groups in total. The first-order valence-corrected chi connectivity index (χ1v) is 9.66. The van der Waals surface area contributed by atoms with Gasteiger partial charge in [-0.05, 0) is 38.3 Å². The number of pyridine rings is 1. The molecule has 7 nitrogen and oxygen atoms in total. The Morgan fingerprint density at radius 1 is 1.34 bits per heavy atom. The fraction of sp³-hybridized carbons (Fsp3) is 0.632. The molecule has 2 heterocycles. The largest absolute Gasteiger partial charge is 0.468 e. The monoisotopic (exact) mass is 416 g/mol. The number of esters is 1. The average Bonchev–Trinajstić information content (AvgIpc) is 2.70. The number of alkyl halides is 3. The quantitative estimate of drug-likeness (QED) is 0.419. The van der Waals surface area contributed by atoms with Gasteiger partial charge in [0.15, 0.2) is 12.6 Å². The van der Waals surface area contributed by atoms with E-state index in [0.717, 1.165) is 0 Å². The maximum Gasteiger partial charge on any atom is 0.422 e. The van der Waals surface area contributed by atoms with Crippen molar-refractivity contribution in [3.63, 3.8) is 0 Å². The number of rotatable bonds is 7. The summed E-state index contributed by atoms with van der Waals surface area (Å²) in [5.74, 6) is 0.361. The molecule has 162 valence electrons. The van der Waals surface area contributed by atoms with Gasteiger partial charge in [0.05, 0.1) is 19.1 Å². The molecule has 1 aromatic rings. The zero-order chi connectivity index (χ0) is 21.3. The number of halogens is 3. The summed E-state index contributed by atoms with van der Waals surface area (Å²) < 4.78 is 46.6. The molecule has 0 unspecified atom stereocenters. The van der Waals surface area contributed by atoms with Crippen LogP contribution in [0.5, 0.6) is 5.88 Å². The van der Waals surface area contributed by atoms with E-state index >= 15 is 0 Å². The number of carbonyl (C=O) groups excluding carboxylic acids is 1. The summed E-state index contributed by atoms with van der Waals surface area (Å²) in [7, 11) is 0. The number of likely N-dealkylation sites (tertiary alicyclic amines) is 1. The Hall–Kier alpha value is -2.52. The lowest BCUT2D eigenvalue weighted by Crippen LogP contribution is -2.46. The Balaban J connectivity index is 1.96. The highest BCUT2D eigenvalue weighted by Gasteiger charge is 2.29. The van der Waals surface area contributed by atoms with Crippen LogP contribution in [0.25, 0.3) is 0 Å². The van der Waals surface area contributed by atoms with E-state index in [0.29, 0.717) is 50.6 Å². The van der Waals surface area contributed by atoms with Crippen LogP contribution >= 0.6 is 0 Å². The molecule has 2 rings (SSSR count). The first kappa shape index (κ1) is 22.8. The van der Waals surface area contributed by atoms with Crippen LogP contribution in [0.3, 0.4) is 0 Å². The summed E-state index contributed by atoms with van der Waals surface area (Å²) >= 11 is 0. The number of aliphatic imine (C=N–C) groups is 1. The number of nitrogens with one attached hydrogen (secondary N) is 1. The van der Waals surface area contributed by atoms with Gasteiger partial charge in [-0.1, -0.05) is 0 Å². The molecule has 1 aliphatic rings. The van der Waals surface area contributed by atoms with E-state index in [-0.39, 0.29) is 24.3 Å². The van der Waals surface area contributed by atoms with E-state index in [1.54, 1.807) is 13.0 Å². The second-order valence-corrected chi connectivity index (χ2v) is 6.59. The van der Waals surface area contributed by atoms with Crippen molar-refractivity contribution in [1.82, 2.24) is 15.2 Å². The SMILES string of the molecule is CCNC(=NCc1ccnc(OCC(F)(F)F)c1)N1CCC(C(=O)OCC)CC1. The standard InChI is InChI=1S/C19H27F3N4O3/c1-3-23-18(26-9-6-15(7-10-26)17(27)28-4-2)25-12-14-5-8-24-16(11-14)29-13-19(20,21)22/h5,8,11,15H,3-4,6-7,9-10,12-13H2,1-2H3,(H,23,25). The molecule has 0 amide bonds. The van der Waals surface area contributed by atoms with Crippen molar-refractivity contribution in [1.29, 1.82) is 0 Å². The van der Waals surface area contributed by atoms with Gasteiger partial charge in [0.2, 0.25) is 5.88 Å². The summed E-state index contributed by atoms with van der Waals surface area (Å²) in [6.45, 7) is 5.03. The van der Waals surface area contributed by atoms with Crippen molar-refractivity contribution < 1.29 is 27.4 Å². The number of aromatic nitrogens is 1. The minimum Gasteiger partial charge on any atom is -0.468 e. The van der Waals surface area contributed by atoms with E-state index < -0.39 is 12.8 Å². The third kappa shape index (κ3) is 7.78. The maximum absolute atomic E-state index is 12.3. The van der Waals surface area contributed by atoms with Gasteiger partial charge in [0.25, 0.3) is 0 Å². The first-order valence-electron chi connectivity index (χ1n) is 9.66. The molecule has 0 spiro atoms. The third-order valence-electron chi connectivity index (χ3n) is 4.34. The normalized spacial score (nSPS) is 15.9. The number of hydrogen-bond acceptors (Lipinski definition) is 5. The number of hydrogen-bond donors (Lipinski definition) is 1. The van der Waals surface area contributed by atoms with Crippen molar-refractivity contribution in [2.24, 2.45) is 10.9 Å². The molecule has 1 saturated heterocycles. The molecular weight excluding hydrogens is 389 g/mol. The van der Waals surface area contributed by atoms with E-state index in [1.807, 2.05) is 6.92 Å². The Morgan fingerprint density at radius 2 is 2.07 bits per heavy atom. The van der Waals surface area contributed by atoms with Gasteiger partial charge in [-0.25, -0.2) is 9.98 Å². The number of piperidine rings is 1. The predicted molar refractivity (Wildman–Crippen MR) is 102 cm³/mol. The lowest BCUT2D eigenvalue weighted by Gasteiger charge is -2.33. The maximum atomic E-state index is 12.3. The van der Waals surface area contributed by atoms with Gasteiger partial charge in [-0.15, -0.1) is 0 Å². The Bertz CT molecular complexity index is 690. The van der Waals surface area contributed by atoms with Gasteiger partial charge in [0, 0.05) is 31.9 Å². The zero-order valence-corrected chi connectivity index (χ0v) is 16.7. The number of nitrogens with zero attached hydrogens (tertiary/aromatic N) is 3. The topological polar surface area (TPSA) is 76.1 Å². The van der Waals surface area contributed by atoms with Gasteiger partial charge in [-0.2, -0.15) is 13.2 Å². The van der Waals surface area contributed by atoms with Crippen LogP contribution in [0.1, 0.15) is 32.3 Å². The lowest BCUT2D eigenvalue weighted by atomic mass is 9.97. The number of carbonyl (C=O) groups is 1. The summed E-state index contributed by atoms with van der Waals surface area (Å²) in [5.41, 5.74) is 0.689.